The zero-order valence-electron chi connectivity index (χ0n) is 16.3. The van der Waals surface area contributed by atoms with Crippen molar-refractivity contribution < 1.29 is 32.2 Å². The SMILES string of the molecule is COC1CN(c2ccnc3c2c(COC(N)=O)nn3-c2ccc(OC(F)(F)F)cc2)C1. The van der Waals surface area contributed by atoms with Gasteiger partial charge in [0.2, 0.25) is 0 Å². The van der Waals surface area contributed by atoms with E-state index in [1.54, 1.807) is 13.3 Å². The quantitative estimate of drug-likeness (QED) is 0.632. The van der Waals surface area contributed by atoms with Gasteiger partial charge in [-0.1, -0.05) is 0 Å². The topological polar surface area (TPSA) is 105 Å². The average Bonchev–Trinajstić information content (AvgIpc) is 3.04. The van der Waals surface area contributed by atoms with Gasteiger partial charge in [0.1, 0.15) is 18.1 Å². The summed E-state index contributed by atoms with van der Waals surface area (Å²) in [4.78, 5) is 17.6. The van der Waals surface area contributed by atoms with E-state index in [-0.39, 0.29) is 18.5 Å². The average molecular weight is 437 g/mol. The van der Waals surface area contributed by atoms with Crippen LogP contribution in [0.1, 0.15) is 5.69 Å². The summed E-state index contributed by atoms with van der Waals surface area (Å²) in [5.41, 5.74) is 7.23. The molecule has 0 spiro atoms. The van der Waals surface area contributed by atoms with Crippen molar-refractivity contribution in [2.45, 2.75) is 19.1 Å². The Morgan fingerprint density at radius 2 is 1.94 bits per heavy atom. The fourth-order valence-corrected chi connectivity index (χ4v) is 3.35. The maximum absolute atomic E-state index is 12.4. The Kier molecular flexibility index (Phi) is 5.31. The van der Waals surface area contributed by atoms with E-state index < -0.39 is 12.5 Å². The van der Waals surface area contributed by atoms with Crippen LogP contribution in [-0.4, -0.2) is 53.5 Å². The number of ether oxygens (including phenoxy) is 3. The number of hydrogen-bond donors (Lipinski definition) is 1. The lowest BCUT2D eigenvalue weighted by Gasteiger charge is -2.40. The monoisotopic (exact) mass is 437 g/mol. The van der Waals surface area contributed by atoms with Crippen molar-refractivity contribution in [1.82, 2.24) is 14.8 Å². The van der Waals surface area contributed by atoms with E-state index in [4.69, 9.17) is 15.2 Å². The smallest absolute Gasteiger partial charge is 0.443 e. The number of hydrogen-bond acceptors (Lipinski definition) is 7. The molecule has 0 unspecified atom stereocenters. The molecule has 0 radical (unpaired) electrons. The standard InChI is InChI=1S/C19H18F3N5O4/c1-29-13-8-26(9-13)15-6-7-24-17-16(15)14(10-30-18(23)28)25-27(17)11-2-4-12(5-3-11)31-19(20,21)22/h2-7,13H,8-10H2,1H3,(H2,23,28). The van der Waals surface area contributed by atoms with E-state index >= 15 is 0 Å². The van der Waals surface area contributed by atoms with Gasteiger partial charge in [0.15, 0.2) is 5.65 Å². The van der Waals surface area contributed by atoms with Gasteiger partial charge >= 0.3 is 12.5 Å². The van der Waals surface area contributed by atoms with Gasteiger partial charge in [-0.15, -0.1) is 13.2 Å². The molecule has 3 heterocycles. The van der Waals surface area contributed by atoms with Crippen LogP contribution in [0.4, 0.5) is 23.7 Å². The first kappa shape index (κ1) is 20.7. The Labute approximate surface area is 174 Å². The van der Waals surface area contributed by atoms with Crippen LogP contribution in [0.2, 0.25) is 0 Å². The van der Waals surface area contributed by atoms with Gasteiger partial charge < -0.3 is 24.8 Å². The van der Waals surface area contributed by atoms with Crippen molar-refractivity contribution in [2.75, 3.05) is 25.1 Å². The summed E-state index contributed by atoms with van der Waals surface area (Å²) in [6.45, 7) is 1.15. The minimum atomic E-state index is -4.78. The third-order valence-electron chi connectivity index (χ3n) is 4.81. The lowest BCUT2D eigenvalue weighted by atomic mass is 10.1. The Hall–Kier alpha value is -3.54. The normalized spacial score (nSPS) is 14.5. The van der Waals surface area contributed by atoms with Crippen molar-refractivity contribution in [1.29, 1.82) is 0 Å². The second-order valence-electron chi connectivity index (χ2n) is 6.80. The molecular formula is C19H18F3N5O4. The third-order valence-corrected chi connectivity index (χ3v) is 4.81. The number of anilines is 1. The molecule has 2 N–H and O–H groups in total. The van der Waals surface area contributed by atoms with Gasteiger partial charge in [0.05, 0.1) is 22.9 Å². The number of nitrogens with two attached hydrogens (primary N) is 1. The molecule has 164 valence electrons. The molecule has 1 aliphatic rings. The molecule has 1 aromatic carbocycles. The molecule has 3 aromatic rings. The molecule has 1 saturated heterocycles. The van der Waals surface area contributed by atoms with E-state index in [9.17, 15) is 18.0 Å². The molecule has 1 fully saturated rings. The van der Waals surface area contributed by atoms with Gasteiger partial charge in [0, 0.05) is 26.4 Å². The van der Waals surface area contributed by atoms with Crippen LogP contribution in [0.5, 0.6) is 5.75 Å². The predicted molar refractivity (Wildman–Crippen MR) is 103 cm³/mol. The number of amides is 1. The molecule has 1 aliphatic heterocycles. The van der Waals surface area contributed by atoms with Crippen molar-refractivity contribution >= 4 is 22.8 Å². The number of alkyl halides is 3. The lowest BCUT2D eigenvalue weighted by molar-refractivity contribution is -0.274. The zero-order chi connectivity index (χ0) is 22.2. The number of halogens is 3. The number of methoxy groups -OCH3 is 1. The number of benzene rings is 1. The van der Waals surface area contributed by atoms with Gasteiger partial charge in [-0.3, -0.25) is 0 Å². The highest BCUT2D eigenvalue weighted by atomic mass is 19.4. The molecular weight excluding hydrogens is 419 g/mol. The highest BCUT2D eigenvalue weighted by Gasteiger charge is 2.32. The summed E-state index contributed by atoms with van der Waals surface area (Å²) in [6, 6.07) is 7.02. The molecule has 9 nitrogen and oxygen atoms in total. The predicted octanol–water partition coefficient (Wildman–Crippen LogP) is 2.75. The molecule has 4 rings (SSSR count). The lowest BCUT2D eigenvalue weighted by Crippen LogP contribution is -2.52. The van der Waals surface area contributed by atoms with Gasteiger partial charge in [-0.05, 0) is 30.3 Å². The van der Waals surface area contributed by atoms with E-state index in [0.29, 0.717) is 35.5 Å². The molecule has 0 saturated carbocycles. The fraction of sp³-hybridized carbons (Fsp3) is 0.316. The van der Waals surface area contributed by atoms with Gasteiger partial charge in [-0.25, -0.2) is 14.5 Å². The number of nitrogens with zero attached hydrogens (tertiary/aromatic N) is 4. The summed E-state index contributed by atoms with van der Waals surface area (Å²) >= 11 is 0. The first-order valence-electron chi connectivity index (χ1n) is 9.18. The summed E-state index contributed by atoms with van der Waals surface area (Å²) in [7, 11) is 1.64. The number of primary amides is 1. The molecule has 0 aliphatic carbocycles. The number of aromatic nitrogens is 3. The first-order chi connectivity index (χ1) is 14.7. The van der Waals surface area contributed by atoms with Crippen molar-refractivity contribution in [2.24, 2.45) is 5.73 Å². The molecule has 1 amide bonds. The number of fused-ring (bicyclic) bond motifs is 1. The Balaban J connectivity index is 1.74. The molecule has 2 aromatic heterocycles. The Morgan fingerprint density at radius 3 is 2.55 bits per heavy atom. The summed E-state index contributed by atoms with van der Waals surface area (Å²) < 4.78 is 52.9. The Morgan fingerprint density at radius 1 is 1.23 bits per heavy atom. The van der Waals surface area contributed by atoms with Crippen LogP contribution >= 0.6 is 0 Å². The van der Waals surface area contributed by atoms with Crippen molar-refractivity contribution in [3.63, 3.8) is 0 Å². The first-order valence-corrected chi connectivity index (χ1v) is 9.18. The number of carbonyl (C=O) groups is 1. The molecule has 12 heteroatoms. The minimum Gasteiger partial charge on any atom is -0.443 e. The van der Waals surface area contributed by atoms with Crippen LogP contribution in [0.15, 0.2) is 36.5 Å². The van der Waals surface area contributed by atoms with Crippen molar-refractivity contribution in [3.8, 4) is 11.4 Å². The highest BCUT2D eigenvalue weighted by molar-refractivity contribution is 5.93. The zero-order valence-corrected chi connectivity index (χ0v) is 16.3. The van der Waals surface area contributed by atoms with Crippen LogP contribution in [0.3, 0.4) is 0 Å². The van der Waals surface area contributed by atoms with Crippen LogP contribution in [-0.2, 0) is 16.1 Å². The van der Waals surface area contributed by atoms with E-state index in [0.717, 1.165) is 5.69 Å². The molecule has 0 atom stereocenters. The maximum atomic E-state index is 12.4. The van der Waals surface area contributed by atoms with Crippen LogP contribution in [0, 0.1) is 0 Å². The molecule has 0 bridgehead atoms. The minimum absolute atomic E-state index is 0.102. The second kappa shape index (κ2) is 7.95. The van der Waals surface area contributed by atoms with Gasteiger partial charge in [-0.2, -0.15) is 5.10 Å². The van der Waals surface area contributed by atoms with E-state index in [1.165, 1.54) is 28.9 Å². The van der Waals surface area contributed by atoms with Gasteiger partial charge in [0.25, 0.3) is 0 Å². The Bertz CT molecular complexity index is 1090. The van der Waals surface area contributed by atoms with Crippen LogP contribution in [0.25, 0.3) is 16.7 Å². The largest absolute Gasteiger partial charge is 0.573 e. The number of pyridine rings is 1. The summed E-state index contributed by atoms with van der Waals surface area (Å²) in [6.07, 6.45) is -4.03. The van der Waals surface area contributed by atoms with Crippen LogP contribution < -0.4 is 15.4 Å². The number of carbonyl (C=O) groups excluding carboxylic acids is 1. The highest BCUT2D eigenvalue weighted by Crippen LogP contribution is 2.34. The summed E-state index contributed by atoms with van der Waals surface area (Å²) in [5, 5.41) is 5.12. The second-order valence-corrected chi connectivity index (χ2v) is 6.80. The van der Waals surface area contributed by atoms with E-state index in [1.807, 2.05) is 6.07 Å². The number of rotatable bonds is 6. The fourth-order valence-electron chi connectivity index (χ4n) is 3.35. The molecule has 31 heavy (non-hydrogen) atoms. The van der Waals surface area contributed by atoms with E-state index in [2.05, 4.69) is 19.7 Å². The van der Waals surface area contributed by atoms with Crippen molar-refractivity contribution in [3.05, 3.63) is 42.2 Å². The summed E-state index contributed by atoms with van der Waals surface area (Å²) in [5.74, 6) is -0.357. The maximum Gasteiger partial charge on any atom is 0.573 e. The third kappa shape index (κ3) is 4.33.